The number of hydrogen-bond donors (Lipinski definition) is 1. The van der Waals surface area contributed by atoms with E-state index < -0.39 is 41.4 Å². The number of ether oxygens (including phenoxy) is 2. The number of amides is 1. The van der Waals surface area contributed by atoms with Crippen LogP contribution in [-0.4, -0.2) is 105 Å². The summed E-state index contributed by atoms with van der Waals surface area (Å²) in [7, 11) is 1.76. The molecule has 220 valence electrons. The number of fused-ring (bicyclic) bond motifs is 2. The summed E-state index contributed by atoms with van der Waals surface area (Å²) in [6.45, 7) is 8.69. The van der Waals surface area contributed by atoms with Crippen LogP contribution in [0.5, 0.6) is 6.01 Å². The van der Waals surface area contributed by atoms with E-state index in [1.54, 1.807) is 39.6 Å². The minimum Gasteiger partial charge on any atom is -0.461 e. The summed E-state index contributed by atoms with van der Waals surface area (Å²) >= 11 is 6.00. The molecule has 1 unspecified atom stereocenters. The van der Waals surface area contributed by atoms with Crippen molar-refractivity contribution in [2.45, 2.75) is 88.9 Å². The van der Waals surface area contributed by atoms with Crippen LogP contribution in [0.4, 0.5) is 19.4 Å². The van der Waals surface area contributed by atoms with Gasteiger partial charge in [0.2, 0.25) is 0 Å². The van der Waals surface area contributed by atoms with Gasteiger partial charge in [-0.25, -0.2) is 18.6 Å². The summed E-state index contributed by atoms with van der Waals surface area (Å²) in [5, 5.41) is 10.7. The number of aromatic nitrogens is 3. The summed E-state index contributed by atoms with van der Waals surface area (Å²) in [6, 6.07) is -1.07. The summed E-state index contributed by atoms with van der Waals surface area (Å²) < 4.78 is 41.1. The lowest BCUT2D eigenvalue weighted by atomic mass is 9.95. The smallest absolute Gasteiger partial charge is 0.410 e. The van der Waals surface area contributed by atoms with Crippen molar-refractivity contribution in [3.8, 4) is 6.01 Å². The Bertz CT molecular complexity index is 1280. The van der Waals surface area contributed by atoms with Gasteiger partial charge in [-0.3, -0.25) is 4.90 Å². The Labute approximate surface area is 237 Å². The van der Waals surface area contributed by atoms with Crippen molar-refractivity contribution in [3.63, 3.8) is 0 Å². The Balaban J connectivity index is 1.48. The average molecular weight is 583 g/mol. The lowest BCUT2D eigenvalue weighted by Gasteiger charge is -2.36. The molecule has 40 heavy (non-hydrogen) atoms. The zero-order valence-electron chi connectivity index (χ0n) is 23.5. The predicted octanol–water partition coefficient (Wildman–Crippen LogP) is 3.97. The normalized spacial score (nSPS) is 27.7. The van der Waals surface area contributed by atoms with E-state index >= 15 is 4.39 Å². The van der Waals surface area contributed by atoms with Crippen LogP contribution >= 0.6 is 11.6 Å². The van der Waals surface area contributed by atoms with Gasteiger partial charge < -0.3 is 24.4 Å². The molecule has 0 radical (unpaired) electrons. The Morgan fingerprint density at radius 2 is 2.10 bits per heavy atom. The standard InChI is InChI=1S/C27H37ClF2N6O4/c1-15(37)21-18(7-10-36(21)25(38)40-26(2,3)4)34(5)23-17-12-31-22(28)19(30)20(17)32-24(33-23)39-14-27-8-6-9-35(27)13-16(29)11-27/h12,15-16,18,21,37H,6-11,13-14H2,1-5H3/t15?,16-,18-,21-,27+/m1/s1. The SMILES string of the molecule is CC(O)[C@@H]1[C@H](N(C)c2nc(OC[C@@]34CCCN3C[C@H](F)C4)nc3c(F)c(Cl)ncc23)CCN1C(=O)OC(C)(C)C. The number of aliphatic hydroxyl groups is 1. The van der Waals surface area contributed by atoms with Crippen LogP contribution in [0.3, 0.4) is 0 Å². The summed E-state index contributed by atoms with van der Waals surface area (Å²) in [5.41, 5.74) is -1.19. The molecular weight excluding hydrogens is 546 g/mol. The van der Waals surface area contributed by atoms with E-state index in [1.807, 2.05) is 0 Å². The van der Waals surface area contributed by atoms with Crippen molar-refractivity contribution in [2.75, 3.05) is 38.2 Å². The molecule has 13 heteroatoms. The van der Waals surface area contributed by atoms with E-state index in [0.29, 0.717) is 37.1 Å². The molecule has 5 heterocycles. The third-order valence-corrected chi connectivity index (χ3v) is 8.47. The summed E-state index contributed by atoms with van der Waals surface area (Å²) in [6.07, 6.45) is 1.70. The number of halogens is 3. The van der Waals surface area contributed by atoms with Crippen molar-refractivity contribution in [1.82, 2.24) is 24.8 Å². The molecular formula is C27H37ClF2N6O4. The number of pyridine rings is 1. The van der Waals surface area contributed by atoms with Gasteiger partial charge in [-0.15, -0.1) is 0 Å². The number of anilines is 1. The molecule has 1 amide bonds. The molecule has 2 aromatic rings. The Kier molecular flexibility index (Phi) is 7.73. The van der Waals surface area contributed by atoms with Crippen molar-refractivity contribution >= 4 is 34.4 Å². The lowest BCUT2D eigenvalue weighted by molar-refractivity contribution is 0.00622. The van der Waals surface area contributed by atoms with Gasteiger partial charge in [0.05, 0.1) is 29.1 Å². The molecule has 1 N–H and O–H groups in total. The number of carbonyl (C=O) groups excluding carboxylic acids is 1. The zero-order chi connectivity index (χ0) is 29.0. The maximum absolute atomic E-state index is 15.2. The van der Waals surface area contributed by atoms with Gasteiger partial charge in [0.1, 0.15) is 29.7 Å². The molecule has 5 atom stereocenters. The van der Waals surface area contributed by atoms with E-state index in [1.165, 1.54) is 11.1 Å². The van der Waals surface area contributed by atoms with Gasteiger partial charge in [-0.2, -0.15) is 9.97 Å². The van der Waals surface area contributed by atoms with Crippen LogP contribution in [0.2, 0.25) is 5.15 Å². The highest BCUT2D eigenvalue weighted by Crippen LogP contribution is 2.41. The third kappa shape index (κ3) is 5.37. The van der Waals surface area contributed by atoms with Crippen LogP contribution < -0.4 is 9.64 Å². The molecule has 3 saturated heterocycles. The lowest BCUT2D eigenvalue weighted by Crippen LogP contribution is -2.52. The first kappa shape index (κ1) is 28.9. The molecule has 0 aliphatic carbocycles. The molecule has 3 aliphatic heterocycles. The fraction of sp³-hybridized carbons (Fsp3) is 0.704. The number of alkyl halides is 1. The minimum absolute atomic E-state index is 0.0574. The van der Waals surface area contributed by atoms with E-state index in [9.17, 15) is 14.3 Å². The van der Waals surface area contributed by atoms with Gasteiger partial charge in [-0.05, 0) is 53.5 Å². The molecule has 0 aromatic carbocycles. The van der Waals surface area contributed by atoms with Crippen LogP contribution in [-0.2, 0) is 4.74 Å². The Hall–Kier alpha value is -2.57. The largest absolute Gasteiger partial charge is 0.461 e. The molecule has 5 rings (SSSR count). The van der Waals surface area contributed by atoms with Crippen LogP contribution in [0, 0.1) is 5.82 Å². The van der Waals surface area contributed by atoms with Crippen molar-refractivity contribution in [2.24, 2.45) is 0 Å². The topological polar surface area (TPSA) is 104 Å². The highest BCUT2D eigenvalue weighted by Gasteiger charge is 2.49. The van der Waals surface area contributed by atoms with Crippen LogP contribution in [0.25, 0.3) is 10.9 Å². The van der Waals surface area contributed by atoms with Gasteiger partial charge in [0.25, 0.3) is 0 Å². The van der Waals surface area contributed by atoms with Gasteiger partial charge in [0.15, 0.2) is 11.0 Å². The van der Waals surface area contributed by atoms with Crippen LogP contribution in [0.1, 0.15) is 53.4 Å². The minimum atomic E-state index is -0.918. The van der Waals surface area contributed by atoms with E-state index in [0.717, 1.165) is 19.4 Å². The number of likely N-dealkylation sites (N-methyl/N-ethyl adjacent to an activating group) is 1. The average Bonchev–Trinajstić information content (AvgIpc) is 3.55. The highest BCUT2D eigenvalue weighted by molar-refractivity contribution is 6.30. The Morgan fingerprint density at radius 3 is 2.80 bits per heavy atom. The first-order valence-electron chi connectivity index (χ1n) is 13.7. The second kappa shape index (κ2) is 10.7. The third-order valence-electron chi connectivity index (χ3n) is 8.21. The molecule has 10 nitrogen and oxygen atoms in total. The molecule has 0 spiro atoms. The number of nitrogens with zero attached hydrogens (tertiary/aromatic N) is 6. The fourth-order valence-corrected chi connectivity index (χ4v) is 6.61. The molecule has 2 aromatic heterocycles. The second-order valence-corrected chi connectivity index (χ2v) is 12.5. The Morgan fingerprint density at radius 1 is 1.35 bits per heavy atom. The zero-order valence-corrected chi connectivity index (χ0v) is 24.3. The number of rotatable bonds is 6. The highest BCUT2D eigenvalue weighted by atomic mass is 35.5. The number of likely N-dealkylation sites (tertiary alicyclic amines) is 1. The summed E-state index contributed by atoms with van der Waals surface area (Å²) in [4.78, 5) is 31.3. The second-order valence-electron chi connectivity index (χ2n) is 12.2. The molecule has 3 fully saturated rings. The first-order chi connectivity index (χ1) is 18.8. The number of carbonyl (C=O) groups is 1. The van der Waals surface area contributed by atoms with Crippen molar-refractivity contribution in [1.29, 1.82) is 0 Å². The summed E-state index contributed by atoms with van der Waals surface area (Å²) in [5.74, 6) is -0.486. The number of hydrogen-bond acceptors (Lipinski definition) is 9. The van der Waals surface area contributed by atoms with Gasteiger partial charge in [0, 0.05) is 32.8 Å². The van der Waals surface area contributed by atoms with E-state index in [4.69, 9.17) is 21.1 Å². The van der Waals surface area contributed by atoms with E-state index in [-0.39, 0.29) is 29.3 Å². The predicted molar refractivity (Wildman–Crippen MR) is 146 cm³/mol. The van der Waals surface area contributed by atoms with Gasteiger partial charge >= 0.3 is 12.1 Å². The van der Waals surface area contributed by atoms with Crippen molar-refractivity contribution < 1.29 is 28.2 Å². The van der Waals surface area contributed by atoms with Crippen molar-refractivity contribution in [3.05, 3.63) is 17.2 Å². The fourth-order valence-electron chi connectivity index (χ4n) is 6.47. The maximum atomic E-state index is 15.2. The van der Waals surface area contributed by atoms with Crippen LogP contribution in [0.15, 0.2) is 6.20 Å². The number of aliphatic hydroxyl groups excluding tert-OH is 1. The quantitative estimate of drug-likeness (QED) is 0.507. The van der Waals surface area contributed by atoms with E-state index in [2.05, 4.69) is 19.9 Å². The molecule has 0 saturated carbocycles. The first-order valence-corrected chi connectivity index (χ1v) is 14.1. The molecule has 3 aliphatic rings. The monoisotopic (exact) mass is 582 g/mol. The maximum Gasteiger partial charge on any atom is 0.410 e. The van der Waals surface area contributed by atoms with Gasteiger partial charge in [-0.1, -0.05) is 11.6 Å². The molecule has 0 bridgehead atoms.